The number of halogens is 1. The van der Waals surface area contributed by atoms with Gasteiger partial charge in [0.1, 0.15) is 0 Å². The van der Waals surface area contributed by atoms with Gasteiger partial charge < -0.3 is 9.64 Å². The van der Waals surface area contributed by atoms with Gasteiger partial charge >= 0.3 is 5.97 Å². The number of carbonyl (C=O) groups is 2. The van der Waals surface area contributed by atoms with Gasteiger partial charge in [0.15, 0.2) is 0 Å². The van der Waals surface area contributed by atoms with Gasteiger partial charge in [-0.1, -0.05) is 15.9 Å². The van der Waals surface area contributed by atoms with E-state index in [9.17, 15) is 9.59 Å². The number of amides is 1. The third-order valence-electron chi connectivity index (χ3n) is 2.96. The van der Waals surface area contributed by atoms with Crippen LogP contribution >= 0.6 is 15.9 Å². The van der Waals surface area contributed by atoms with Crippen molar-refractivity contribution in [1.82, 2.24) is 4.90 Å². The summed E-state index contributed by atoms with van der Waals surface area (Å²) < 4.78 is 5.49. The molecule has 1 aromatic rings. The summed E-state index contributed by atoms with van der Waals surface area (Å²) in [7, 11) is 1.31. The summed E-state index contributed by atoms with van der Waals surface area (Å²) in [4.78, 5) is 26.3. The van der Waals surface area contributed by atoms with Crippen LogP contribution in [0.1, 0.15) is 48.4 Å². The Kier molecular flexibility index (Phi) is 5.74. The Morgan fingerprint density at radius 2 is 1.65 bits per heavy atom. The molecule has 20 heavy (non-hydrogen) atoms. The maximum atomic E-state index is 12.7. The highest BCUT2D eigenvalue weighted by Gasteiger charge is 2.26. The lowest BCUT2D eigenvalue weighted by atomic mass is 10.0. The minimum atomic E-state index is -0.506. The lowest BCUT2D eigenvalue weighted by Gasteiger charge is -2.31. The highest BCUT2D eigenvalue weighted by atomic mass is 79.9. The average molecular weight is 342 g/mol. The monoisotopic (exact) mass is 341 g/mol. The van der Waals surface area contributed by atoms with E-state index in [1.165, 1.54) is 7.11 Å². The molecule has 1 amide bonds. The molecule has 0 saturated carbocycles. The Morgan fingerprint density at radius 1 is 1.10 bits per heavy atom. The van der Waals surface area contributed by atoms with E-state index in [-0.39, 0.29) is 23.6 Å². The van der Waals surface area contributed by atoms with Gasteiger partial charge in [-0.3, -0.25) is 4.79 Å². The predicted octanol–water partition coefficient (Wildman–Crippen LogP) is 3.49. The zero-order chi connectivity index (χ0) is 15.4. The summed E-state index contributed by atoms with van der Waals surface area (Å²) in [5, 5.41) is 0. The summed E-state index contributed by atoms with van der Waals surface area (Å²) in [6, 6.07) is 5.07. The Hall–Kier alpha value is -1.36. The van der Waals surface area contributed by atoms with Crippen molar-refractivity contribution in [3.05, 3.63) is 33.8 Å². The molecule has 110 valence electrons. The van der Waals surface area contributed by atoms with Gasteiger partial charge in [0, 0.05) is 16.6 Å². The molecule has 0 fully saturated rings. The standard InChI is InChI=1S/C15H20BrNO3/c1-9(2)17(10(3)4)14(18)13-8-11(16)6-7-12(13)15(19)20-5/h6-10H,1-5H3. The molecule has 0 aliphatic carbocycles. The fourth-order valence-corrected chi connectivity index (χ4v) is 2.55. The van der Waals surface area contributed by atoms with Crippen LogP contribution in [0, 0.1) is 0 Å². The maximum Gasteiger partial charge on any atom is 0.338 e. The second kappa shape index (κ2) is 6.88. The molecule has 0 unspecified atom stereocenters. The van der Waals surface area contributed by atoms with Gasteiger partial charge in [0.25, 0.3) is 5.91 Å². The molecule has 4 nitrogen and oxygen atoms in total. The van der Waals surface area contributed by atoms with Crippen molar-refractivity contribution in [3.63, 3.8) is 0 Å². The van der Waals surface area contributed by atoms with Crippen molar-refractivity contribution >= 4 is 27.8 Å². The topological polar surface area (TPSA) is 46.6 Å². The van der Waals surface area contributed by atoms with Crippen molar-refractivity contribution in [2.75, 3.05) is 7.11 Å². The fourth-order valence-electron chi connectivity index (χ4n) is 2.19. The molecule has 1 aromatic carbocycles. The first-order chi connectivity index (χ1) is 9.29. The highest BCUT2D eigenvalue weighted by molar-refractivity contribution is 9.10. The van der Waals surface area contributed by atoms with E-state index >= 15 is 0 Å². The van der Waals surface area contributed by atoms with Crippen LogP contribution in [0.25, 0.3) is 0 Å². The summed E-state index contributed by atoms with van der Waals surface area (Å²) in [5.41, 5.74) is 0.639. The molecule has 0 radical (unpaired) electrons. The maximum absolute atomic E-state index is 12.7. The quantitative estimate of drug-likeness (QED) is 0.787. The van der Waals surface area contributed by atoms with Gasteiger partial charge in [-0.25, -0.2) is 4.79 Å². The average Bonchev–Trinajstić information content (AvgIpc) is 2.36. The van der Waals surface area contributed by atoms with Crippen LogP contribution in [-0.2, 0) is 4.74 Å². The molecule has 0 atom stereocenters. The van der Waals surface area contributed by atoms with Gasteiger partial charge in [-0.05, 0) is 45.9 Å². The number of esters is 1. The molecule has 0 saturated heterocycles. The van der Waals surface area contributed by atoms with Crippen LogP contribution in [0.2, 0.25) is 0 Å². The summed E-state index contributed by atoms with van der Waals surface area (Å²) in [5.74, 6) is -0.676. The van der Waals surface area contributed by atoms with Crippen LogP contribution in [0.5, 0.6) is 0 Å². The number of nitrogens with zero attached hydrogens (tertiary/aromatic N) is 1. The third kappa shape index (κ3) is 3.60. The van der Waals surface area contributed by atoms with Crippen molar-refractivity contribution in [2.45, 2.75) is 39.8 Å². The molecular formula is C15H20BrNO3. The van der Waals surface area contributed by atoms with Crippen LogP contribution in [0.15, 0.2) is 22.7 Å². The van der Waals surface area contributed by atoms with E-state index in [1.807, 2.05) is 27.7 Å². The number of ether oxygens (including phenoxy) is 1. The van der Waals surface area contributed by atoms with Gasteiger partial charge in [-0.15, -0.1) is 0 Å². The van der Waals surface area contributed by atoms with E-state index in [0.717, 1.165) is 4.47 Å². The van der Waals surface area contributed by atoms with E-state index in [0.29, 0.717) is 5.56 Å². The molecule has 0 aliphatic heterocycles. The van der Waals surface area contributed by atoms with Crippen LogP contribution in [0.4, 0.5) is 0 Å². The van der Waals surface area contributed by atoms with Gasteiger partial charge in [-0.2, -0.15) is 0 Å². The van der Waals surface area contributed by atoms with Crippen molar-refractivity contribution in [1.29, 1.82) is 0 Å². The first kappa shape index (κ1) is 16.7. The smallest absolute Gasteiger partial charge is 0.338 e. The van der Waals surface area contributed by atoms with E-state index in [1.54, 1.807) is 23.1 Å². The Labute approximate surface area is 128 Å². The zero-order valence-electron chi connectivity index (χ0n) is 12.4. The molecule has 0 aliphatic rings. The number of rotatable bonds is 4. The lowest BCUT2D eigenvalue weighted by molar-refractivity contribution is 0.0573. The molecule has 1 rings (SSSR count). The number of hydrogen-bond acceptors (Lipinski definition) is 3. The summed E-state index contributed by atoms with van der Waals surface area (Å²) in [6.07, 6.45) is 0. The Balaban J connectivity index is 3.33. The molecular weight excluding hydrogens is 322 g/mol. The summed E-state index contributed by atoms with van der Waals surface area (Å²) >= 11 is 3.34. The van der Waals surface area contributed by atoms with Crippen molar-refractivity contribution in [3.8, 4) is 0 Å². The number of methoxy groups -OCH3 is 1. The van der Waals surface area contributed by atoms with Crippen LogP contribution < -0.4 is 0 Å². The Morgan fingerprint density at radius 3 is 2.10 bits per heavy atom. The molecule has 0 spiro atoms. The fraction of sp³-hybridized carbons (Fsp3) is 0.467. The summed E-state index contributed by atoms with van der Waals surface area (Å²) in [6.45, 7) is 7.81. The molecule has 0 aromatic heterocycles. The minimum absolute atomic E-state index is 0.0481. The SMILES string of the molecule is COC(=O)c1ccc(Br)cc1C(=O)N(C(C)C)C(C)C. The molecule has 0 bridgehead atoms. The van der Waals surface area contributed by atoms with Gasteiger partial charge in [0.05, 0.1) is 18.2 Å². The number of hydrogen-bond donors (Lipinski definition) is 0. The molecule has 0 heterocycles. The second-order valence-corrected chi connectivity index (χ2v) is 6.00. The first-order valence-corrected chi connectivity index (χ1v) is 7.29. The Bertz CT molecular complexity index is 504. The lowest BCUT2D eigenvalue weighted by Crippen LogP contribution is -2.42. The number of benzene rings is 1. The van der Waals surface area contributed by atoms with Gasteiger partial charge in [0.2, 0.25) is 0 Å². The van der Waals surface area contributed by atoms with E-state index in [2.05, 4.69) is 15.9 Å². The third-order valence-corrected chi connectivity index (χ3v) is 3.46. The highest BCUT2D eigenvalue weighted by Crippen LogP contribution is 2.21. The van der Waals surface area contributed by atoms with E-state index in [4.69, 9.17) is 4.74 Å². The first-order valence-electron chi connectivity index (χ1n) is 6.50. The zero-order valence-corrected chi connectivity index (χ0v) is 14.0. The normalized spacial score (nSPS) is 10.8. The van der Waals surface area contributed by atoms with Crippen molar-refractivity contribution in [2.24, 2.45) is 0 Å². The predicted molar refractivity (Wildman–Crippen MR) is 81.9 cm³/mol. The largest absolute Gasteiger partial charge is 0.465 e. The molecule has 0 N–H and O–H groups in total. The van der Waals surface area contributed by atoms with Crippen molar-refractivity contribution < 1.29 is 14.3 Å². The van der Waals surface area contributed by atoms with Crippen LogP contribution in [-0.4, -0.2) is 36.0 Å². The molecule has 5 heteroatoms. The number of carbonyl (C=O) groups excluding carboxylic acids is 2. The van der Waals surface area contributed by atoms with E-state index < -0.39 is 5.97 Å². The second-order valence-electron chi connectivity index (χ2n) is 5.08. The van der Waals surface area contributed by atoms with Crippen LogP contribution in [0.3, 0.4) is 0 Å². The minimum Gasteiger partial charge on any atom is -0.465 e.